The lowest BCUT2D eigenvalue weighted by Crippen LogP contribution is -2.39. The van der Waals surface area contributed by atoms with Crippen LogP contribution in [0.1, 0.15) is 0 Å². The number of hydrogen-bond acceptors (Lipinski definition) is 5. The zero-order chi connectivity index (χ0) is 19.2. The van der Waals surface area contributed by atoms with Crippen molar-refractivity contribution in [2.75, 3.05) is 40.0 Å². The van der Waals surface area contributed by atoms with Crippen molar-refractivity contribution in [2.45, 2.75) is 6.54 Å². The molecule has 28 heavy (non-hydrogen) atoms. The topological polar surface area (TPSA) is 39.0 Å². The molecule has 0 saturated carbocycles. The van der Waals surface area contributed by atoms with Crippen LogP contribution in [-0.2, 0) is 11.3 Å². The molecule has 146 valence electrons. The summed E-state index contributed by atoms with van der Waals surface area (Å²) in [7, 11) is 1.69. The molecule has 1 fully saturated rings. The van der Waals surface area contributed by atoms with Crippen LogP contribution in [0, 0.1) is 0 Å². The highest BCUT2D eigenvalue weighted by atomic mass is 32.1. The van der Waals surface area contributed by atoms with Gasteiger partial charge in [0.25, 0.3) is 0 Å². The van der Waals surface area contributed by atoms with E-state index in [9.17, 15) is 0 Å². The smallest absolute Gasteiger partial charge is 0.190 e. The first-order valence-corrected chi connectivity index (χ1v) is 10.4. The zero-order valence-electron chi connectivity index (χ0n) is 16.1. The predicted molar refractivity (Wildman–Crippen MR) is 113 cm³/mol. The number of nitrogens with zero attached hydrogens (tertiary/aromatic N) is 3. The maximum atomic E-state index is 5.48. The molecule has 2 aromatic carbocycles. The molecule has 0 amide bonds. The molecule has 6 heteroatoms. The van der Waals surface area contributed by atoms with Crippen LogP contribution in [0.3, 0.4) is 0 Å². The average molecular weight is 396 g/mol. The highest BCUT2D eigenvalue weighted by Crippen LogP contribution is 2.23. The SMILES string of the molecule is COc1ccc(-c2csc(=Nc3ccccc3)n2CCN2CCOCC2)cc1. The lowest BCUT2D eigenvalue weighted by atomic mass is 10.1. The second kappa shape index (κ2) is 9.19. The van der Waals surface area contributed by atoms with Gasteiger partial charge in [0.05, 0.1) is 31.7 Å². The van der Waals surface area contributed by atoms with E-state index in [-0.39, 0.29) is 0 Å². The fourth-order valence-electron chi connectivity index (χ4n) is 3.31. The van der Waals surface area contributed by atoms with E-state index >= 15 is 0 Å². The van der Waals surface area contributed by atoms with E-state index in [1.807, 2.05) is 42.5 Å². The van der Waals surface area contributed by atoms with Gasteiger partial charge in [0.15, 0.2) is 4.80 Å². The monoisotopic (exact) mass is 395 g/mol. The van der Waals surface area contributed by atoms with Crippen LogP contribution in [0.4, 0.5) is 5.69 Å². The van der Waals surface area contributed by atoms with Crippen LogP contribution >= 0.6 is 11.3 Å². The highest BCUT2D eigenvalue weighted by molar-refractivity contribution is 7.07. The Morgan fingerprint density at radius 2 is 1.75 bits per heavy atom. The Hall–Kier alpha value is -2.41. The molecule has 5 nitrogen and oxygen atoms in total. The van der Waals surface area contributed by atoms with Gasteiger partial charge in [-0.3, -0.25) is 4.90 Å². The minimum atomic E-state index is 0.820. The van der Waals surface area contributed by atoms with Crippen LogP contribution in [-0.4, -0.2) is 49.4 Å². The van der Waals surface area contributed by atoms with Gasteiger partial charge in [0.1, 0.15) is 5.75 Å². The van der Waals surface area contributed by atoms with E-state index in [1.54, 1.807) is 18.4 Å². The molecule has 0 bridgehead atoms. The standard InChI is InChI=1S/C22H25N3O2S/c1-26-20-9-7-18(8-10-20)21-17-28-22(23-19-5-3-2-4-6-19)25(21)12-11-24-13-15-27-16-14-24/h2-10,17H,11-16H2,1H3. The average Bonchev–Trinajstić information content (AvgIpc) is 3.16. The molecular weight excluding hydrogens is 370 g/mol. The van der Waals surface area contributed by atoms with Crippen molar-refractivity contribution in [3.8, 4) is 17.0 Å². The number of rotatable bonds is 6. The quantitative estimate of drug-likeness (QED) is 0.637. The second-order valence-corrected chi connectivity index (χ2v) is 7.52. The number of morpholine rings is 1. The molecule has 0 N–H and O–H groups in total. The van der Waals surface area contributed by atoms with E-state index in [4.69, 9.17) is 14.5 Å². The third kappa shape index (κ3) is 4.52. The second-order valence-electron chi connectivity index (χ2n) is 6.69. The lowest BCUT2D eigenvalue weighted by molar-refractivity contribution is 0.0363. The van der Waals surface area contributed by atoms with Crippen LogP contribution < -0.4 is 9.54 Å². The molecule has 1 aromatic heterocycles. The Balaban J connectivity index is 1.67. The Kier molecular flexibility index (Phi) is 6.21. The number of benzene rings is 2. The van der Waals surface area contributed by atoms with Gasteiger partial charge < -0.3 is 14.0 Å². The van der Waals surface area contributed by atoms with Crippen molar-refractivity contribution in [3.63, 3.8) is 0 Å². The van der Waals surface area contributed by atoms with Gasteiger partial charge in [-0.25, -0.2) is 4.99 Å². The largest absolute Gasteiger partial charge is 0.497 e. The number of methoxy groups -OCH3 is 1. The van der Waals surface area contributed by atoms with Crippen LogP contribution in [0.2, 0.25) is 0 Å². The van der Waals surface area contributed by atoms with E-state index in [0.717, 1.165) is 55.6 Å². The molecular formula is C22H25N3O2S. The molecule has 0 atom stereocenters. The Morgan fingerprint density at radius 1 is 1.00 bits per heavy atom. The van der Waals surface area contributed by atoms with Crippen LogP contribution in [0.15, 0.2) is 65.0 Å². The van der Waals surface area contributed by atoms with Crippen molar-refractivity contribution >= 4 is 17.0 Å². The highest BCUT2D eigenvalue weighted by Gasteiger charge is 2.13. The molecule has 3 aromatic rings. The Labute approximate surface area is 169 Å². The minimum absolute atomic E-state index is 0.820. The van der Waals surface area contributed by atoms with Gasteiger partial charge in [-0.2, -0.15) is 0 Å². The summed E-state index contributed by atoms with van der Waals surface area (Å²) in [6.07, 6.45) is 0. The van der Waals surface area contributed by atoms with Crippen LogP contribution in [0.5, 0.6) is 5.75 Å². The van der Waals surface area contributed by atoms with E-state index in [0.29, 0.717) is 0 Å². The third-order valence-corrected chi connectivity index (χ3v) is 5.77. The normalized spacial score (nSPS) is 15.7. The van der Waals surface area contributed by atoms with E-state index < -0.39 is 0 Å². The third-order valence-electron chi connectivity index (χ3n) is 4.91. The number of ether oxygens (including phenoxy) is 2. The minimum Gasteiger partial charge on any atom is -0.497 e. The number of hydrogen-bond donors (Lipinski definition) is 0. The summed E-state index contributed by atoms with van der Waals surface area (Å²) in [4.78, 5) is 8.37. The van der Waals surface area contributed by atoms with Gasteiger partial charge in [-0.05, 0) is 42.0 Å². The fourth-order valence-corrected chi connectivity index (χ4v) is 4.26. The zero-order valence-corrected chi connectivity index (χ0v) is 16.9. The van der Waals surface area contributed by atoms with Crippen molar-refractivity contribution in [2.24, 2.45) is 4.99 Å². The summed E-state index contributed by atoms with van der Waals surface area (Å²) >= 11 is 1.68. The molecule has 0 aliphatic carbocycles. The predicted octanol–water partition coefficient (Wildman–Crippen LogP) is 3.79. The number of aromatic nitrogens is 1. The summed E-state index contributed by atoms with van der Waals surface area (Å²) in [5.74, 6) is 0.869. The van der Waals surface area contributed by atoms with Crippen molar-refractivity contribution in [1.82, 2.24) is 9.47 Å². The van der Waals surface area contributed by atoms with Gasteiger partial charge in [0.2, 0.25) is 0 Å². The van der Waals surface area contributed by atoms with Crippen molar-refractivity contribution in [3.05, 3.63) is 64.8 Å². The first-order chi connectivity index (χ1) is 13.8. The lowest BCUT2D eigenvalue weighted by Gasteiger charge is -2.26. The molecule has 1 saturated heterocycles. The fraction of sp³-hybridized carbons (Fsp3) is 0.318. The molecule has 1 aliphatic heterocycles. The van der Waals surface area contributed by atoms with Gasteiger partial charge in [0, 0.05) is 31.6 Å². The molecule has 2 heterocycles. The van der Waals surface area contributed by atoms with Crippen LogP contribution in [0.25, 0.3) is 11.3 Å². The molecule has 0 spiro atoms. The van der Waals surface area contributed by atoms with Gasteiger partial charge >= 0.3 is 0 Å². The molecule has 0 unspecified atom stereocenters. The van der Waals surface area contributed by atoms with E-state index in [2.05, 4.69) is 27.0 Å². The Morgan fingerprint density at radius 3 is 2.46 bits per heavy atom. The van der Waals surface area contributed by atoms with E-state index in [1.165, 1.54) is 11.3 Å². The molecule has 1 aliphatic rings. The number of para-hydroxylation sites is 1. The Bertz CT molecular complexity index is 942. The van der Waals surface area contributed by atoms with Gasteiger partial charge in [-0.15, -0.1) is 11.3 Å². The summed E-state index contributed by atoms with van der Waals surface area (Å²) < 4.78 is 13.1. The summed E-state index contributed by atoms with van der Waals surface area (Å²) in [5.41, 5.74) is 3.34. The summed E-state index contributed by atoms with van der Waals surface area (Å²) in [6.45, 7) is 5.52. The molecule has 0 radical (unpaired) electrons. The molecule has 4 rings (SSSR count). The summed E-state index contributed by atoms with van der Waals surface area (Å²) in [6, 6.07) is 18.4. The maximum Gasteiger partial charge on any atom is 0.190 e. The first-order valence-electron chi connectivity index (χ1n) is 9.56. The summed E-state index contributed by atoms with van der Waals surface area (Å²) in [5, 5.41) is 2.20. The first kappa shape index (κ1) is 18.9. The number of thiazole rings is 1. The maximum absolute atomic E-state index is 5.48. The van der Waals surface area contributed by atoms with Crippen molar-refractivity contribution < 1.29 is 9.47 Å². The van der Waals surface area contributed by atoms with Crippen molar-refractivity contribution in [1.29, 1.82) is 0 Å². The van der Waals surface area contributed by atoms with Gasteiger partial charge in [-0.1, -0.05) is 18.2 Å².